The Morgan fingerprint density at radius 3 is 2.18 bits per heavy atom. The van der Waals surface area contributed by atoms with Gasteiger partial charge in [0, 0.05) is 17.2 Å². The molecule has 0 unspecified atom stereocenters. The molecule has 88 valence electrons. The highest BCUT2D eigenvalue weighted by atomic mass is 35.5. The number of halogens is 3. The number of hydrogen-bond acceptors (Lipinski definition) is 2. The number of benzene rings is 2. The van der Waals surface area contributed by atoms with Gasteiger partial charge in [0.1, 0.15) is 5.82 Å². The first-order chi connectivity index (χ1) is 8.00. The van der Waals surface area contributed by atoms with Gasteiger partial charge in [-0.15, -0.1) is 0 Å². The van der Waals surface area contributed by atoms with Crippen molar-refractivity contribution in [2.45, 2.75) is 0 Å². The van der Waals surface area contributed by atoms with Crippen molar-refractivity contribution >= 4 is 23.2 Å². The van der Waals surface area contributed by atoms with Gasteiger partial charge in [-0.2, -0.15) is 0 Å². The Bertz CT molecular complexity index is 565. The molecule has 0 saturated carbocycles. The topological polar surface area (TPSA) is 40.5 Å². The van der Waals surface area contributed by atoms with Gasteiger partial charge < -0.3 is 10.2 Å². The molecule has 2 rings (SSSR count). The average Bonchev–Trinajstić information content (AvgIpc) is 2.24. The van der Waals surface area contributed by atoms with Crippen molar-refractivity contribution in [2.24, 2.45) is 0 Å². The van der Waals surface area contributed by atoms with Crippen LogP contribution in [-0.2, 0) is 0 Å². The lowest BCUT2D eigenvalue weighted by Gasteiger charge is -2.10. The molecule has 5 heteroatoms. The summed E-state index contributed by atoms with van der Waals surface area (Å²) < 4.78 is 13.2. The zero-order valence-electron chi connectivity index (χ0n) is 8.42. The molecule has 0 atom stereocenters. The second kappa shape index (κ2) is 4.43. The molecule has 2 aromatic rings. The molecule has 0 aliphatic heterocycles. The van der Waals surface area contributed by atoms with Crippen LogP contribution in [0.15, 0.2) is 30.3 Å². The second-order valence-electron chi connectivity index (χ2n) is 3.42. The van der Waals surface area contributed by atoms with Crippen LogP contribution in [0.4, 0.5) is 4.39 Å². The smallest absolute Gasteiger partial charge is 0.165 e. The third kappa shape index (κ3) is 2.16. The minimum Gasteiger partial charge on any atom is -0.504 e. The molecular formula is C12H7Cl2FO2. The lowest BCUT2D eigenvalue weighted by molar-refractivity contribution is 0.401. The summed E-state index contributed by atoms with van der Waals surface area (Å²) in [5.41, 5.74) is 0.334. The van der Waals surface area contributed by atoms with Crippen molar-refractivity contribution in [1.82, 2.24) is 0 Å². The van der Waals surface area contributed by atoms with Gasteiger partial charge in [-0.3, -0.25) is 0 Å². The lowest BCUT2D eigenvalue weighted by Crippen LogP contribution is -1.85. The first-order valence-electron chi connectivity index (χ1n) is 4.66. The summed E-state index contributed by atoms with van der Waals surface area (Å²) in [6, 6.07) is 6.62. The monoisotopic (exact) mass is 272 g/mol. The summed E-state index contributed by atoms with van der Waals surface area (Å²) in [7, 11) is 0. The van der Waals surface area contributed by atoms with Crippen molar-refractivity contribution in [1.29, 1.82) is 0 Å². The van der Waals surface area contributed by atoms with Crippen LogP contribution in [0, 0.1) is 5.82 Å². The minimum atomic E-state index is -0.689. The van der Waals surface area contributed by atoms with E-state index in [4.69, 9.17) is 23.2 Å². The van der Waals surface area contributed by atoms with Gasteiger partial charge in [-0.25, -0.2) is 4.39 Å². The highest BCUT2D eigenvalue weighted by Gasteiger charge is 2.16. The van der Waals surface area contributed by atoms with Gasteiger partial charge in [0.2, 0.25) is 0 Å². The van der Waals surface area contributed by atoms with E-state index in [1.54, 1.807) is 18.2 Å². The Morgan fingerprint density at radius 2 is 1.59 bits per heavy atom. The van der Waals surface area contributed by atoms with E-state index in [1.807, 2.05) is 0 Å². The molecule has 0 radical (unpaired) electrons. The second-order valence-corrected chi connectivity index (χ2v) is 4.23. The van der Waals surface area contributed by atoms with Crippen LogP contribution < -0.4 is 0 Å². The Hall–Kier alpha value is -1.45. The molecule has 0 fully saturated rings. The molecule has 0 saturated heterocycles. The van der Waals surface area contributed by atoms with Crippen LogP contribution in [0.5, 0.6) is 11.5 Å². The van der Waals surface area contributed by atoms with Crippen molar-refractivity contribution in [3.05, 3.63) is 46.2 Å². The maximum Gasteiger partial charge on any atom is 0.165 e. The molecule has 0 bridgehead atoms. The minimum absolute atomic E-state index is 0.0538. The van der Waals surface area contributed by atoms with Crippen molar-refractivity contribution in [2.75, 3.05) is 0 Å². The van der Waals surface area contributed by atoms with E-state index in [-0.39, 0.29) is 21.2 Å². The van der Waals surface area contributed by atoms with E-state index in [9.17, 15) is 14.6 Å². The molecule has 0 amide bonds. The fraction of sp³-hybridized carbons (Fsp3) is 0. The molecule has 2 nitrogen and oxygen atoms in total. The molecule has 17 heavy (non-hydrogen) atoms. The summed E-state index contributed by atoms with van der Waals surface area (Å²) in [5, 5.41) is 19.6. The summed E-state index contributed by atoms with van der Waals surface area (Å²) in [6.07, 6.45) is 0. The number of rotatable bonds is 1. The van der Waals surface area contributed by atoms with Crippen LogP contribution in [0.3, 0.4) is 0 Å². The maximum absolute atomic E-state index is 13.2. The average molecular weight is 273 g/mol. The molecule has 0 aliphatic rings. The lowest BCUT2D eigenvalue weighted by atomic mass is 10.0. The Morgan fingerprint density at radius 1 is 1.00 bits per heavy atom. The number of phenols is 2. The molecule has 0 heterocycles. The molecular weight excluding hydrogens is 266 g/mol. The Balaban J connectivity index is 2.77. The maximum atomic E-state index is 13.2. The third-order valence-corrected chi connectivity index (χ3v) is 2.92. The van der Waals surface area contributed by atoms with Gasteiger partial charge >= 0.3 is 0 Å². The Labute approximate surface area is 107 Å². The van der Waals surface area contributed by atoms with Gasteiger partial charge in [-0.1, -0.05) is 29.3 Å². The molecule has 0 spiro atoms. The summed E-state index contributed by atoms with van der Waals surface area (Å²) in [4.78, 5) is 0. The van der Waals surface area contributed by atoms with Crippen LogP contribution >= 0.6 is 23.2 Å². The van der Waals surface area contributed by atoms with Crippen LogP contribution in [-0.4, -0.2) is 10.2 Å². The van der Waals surface area contributed by atoms with E-state index in [2.05, 4.69) is 0 Å². The SMILES string of the molecule is Oc1cc(F)cc(-c2c(Cl)cccc2Cl)c1O. The van der Waals surface area contributed by atoms with E-state index < -0.39 is 17.3 Å². The fourth-order valence-electron chi connectivity index (χ4n) is 1.53. The van der Waals surface area contributed by atoms with E-state index in [1.165, 1.54) is 0 Å². The first-order valence-corrected chi connectivity index (χ1v) is 5.42. The molecule has 0 aromatic heterocycles. The van der Waals surface area contributed by atoms with Gasteiger partial charge in [0.05, 0.1) is 10.0 Å². The summed E-state index contributed by atoms with van der Waals surface area (Å²) in [6.45, 7) is 0. The quantitative estimate of drug-likeness (QED) is 0.764. The van der Waals surface area contributed by atoms with Crippen molar-refractivity contribution < 1.29 is 14.6 Å². The standard InChI is InChI=1S/C12H7Cl2FO2/c13-8-2-1-3-9(14)11(8)7-4-6(15)5-10(16)12(7)17/h1-5,16-17H. The van der Waals surface area contributed by atoms with Crippen LogP contribution in [0.25, 0.3) is 11.1 Å². The Kier molecular flexibility index (Phi) is 3.13. The molecule has 2 aromatic carbocycles. The van der Waals surface area contributed by atoms with E-state index >= 15 is 0 Å². The zero-order valence-corrected chi connectivity index (χ0v) is 9.93. The molecule has 0 aliphatic carbocycles. The number of aromatic hydroxyl groups is 2. The third-order valence-electron chi connectivity index (χ3n) is 2.29. The first kappa shape index (κ1) is 12.0. The van der Waals surface area contributed by atoms with Crippen LogP contribution in [0.1, 0.15) is 0 Å². The van der Waals surface area contributed by atoms with E-state index in [0.29, 0.717) is 0 Å². The summed E-state index contributed by atoms with van der Waals surface area (Å²) in [5.74, 6) is -1.70. The highest BCUT2D eigenvalue weighted by molar-refractivity contribution is 6.39. The predicted molar refractivity (Wildman–Crippen MR) is 65.2 cm³/mol. The normalized spacial score (nSPS) is 10.5. The number of phenolic OH excluding ortho intramolecular Hbond substituents is 2. The number of hydrogen-bond donors (Lipinski definition) is 2. The van der Waals surface area contributed by atoms with Crippen LogP contribution in [0.2, 0.25) is 10.0 Å². The molecule has 2 N–H and O–H groups in total. The zero-order chi connectivity index (χ0) is 12.6. The van der Waals surface area contributed by atoms with Crippen molar-refractivity contribution in [3.63, 3.8) is 0 Å². The highest BCUT2D eigenvalue weighted by Crippen LogP contribution is 2.43. The fourth-order valence-corrected chi connectivity index (χ4v) is 2.13. The van der Waals surface area contributed by atoms with Gasteiger partial charge in [-0.05, 0) is 18.2 Å². The largest absolute Gasteiger partial charge is 0.504 e. The van der Waals surface area contributed by atoms with Gasteiger partial charge in [0.15, 0.2) is 11.5 Å². The van der Waals surface area contributed by atoms with Gasteiger partial charge in [0.25, 0.3) is 0 Å². The summed E-state index contributed by atoms with van der Waals surface area (Å²) >= 11 is 11.9. The van der Waals surface area contributed by atoms with Crippen molar-refractivity contribution in [3.8, 4) is 22.6 Å². The predicted octanol–water partition coefficient (Wildman–Crippen LogP) is 4.21. The van der Waals surface area contributed by atoms with E-state index in [0.717, 1.165) is 12.1 Å².